The van der Waals surface area contributed by atoms with Crippen LogP contribution < -0.4 is 0 Å². The van der Waals surface area contributed by atoms with Gasteiger partial charge in [-0.25, -0.2) is 0 Å². The van der Waals surface area contributed by atoms with Crippen molar-refractivity contribution in [3.63, 3.8) is 0 Å². The topological polar surface area (TPSA) is 56.9 Å². The summed E-state index contributed by atoms with van der Waals surface area (Å²) >= 11 is 0. The highest BCUT2D eigenvalue weighted by molar-refractivity contribution is 5.91. The molecule has 5 heteroatoms. The van der Waals surface area contributed by atoms with Crippen LogP contribution in [0.1, 0.15) is 29.8 Å². The summed E-state index contributed by atoms with van der Waals surface area (Å²) in [4.78, 5) is 16.6. The van der Waals surface area contributed by atoms with Gasteiger partial charge in [0.05, 0.1) is 12.9 Å². The van der Waals surface area contributed by atoms with Crippen LogP contribution in [0.15, 0.2) is 22.8 Å². The van der Waals surface area contributed by atoms with Crippen LogP contribution in [-0.4, -0.2) is 60.1 Å². The minimum absolute atomic E-state index is 0.00897. The second kappa shape index (κ2) is 5.58. The molecule has 1 amide bonds. The normalized spacial score (nSPS) is 27.4. The largest absolute Gasteiger partial charge is 0.459 e. The summed E-state index contributed by atoms with van der Waals surface area (Å²) in [6.07, 6.45) is 4.90. The first-order valence-corrected chi connectivity index (χ1v) is 7.38. The molecule has 2 saturated heterocycles. The lowest BCUT2D eigenvalue weighted by molar-refractivity contribution is 0.0495. The summed E-state index contributed by atoms with van der Waals surface area (Å²) in [5.41, 5.74) is 0.218. The second-order valence-electron chi connectivity index (χ2n) is 6.06. The number of nitrogens with zero attached hydrogens (tertiary/aromatic N) is 2. The van der Waals surface area contributed by atoms with Gasteiger partial charge in [-0.15, -0.1) is 0 Å². The molecule has 3 heterocycles. The lowest BCUT2D eigenvalue weighted by atomic mass is 9.79. The Morgan fingerprint density at radius 1 is 1.35 bits per heavy atom. The van der Waals surface area contributed by atoms with Crippen LogP contribution in [0.2, 0.25) is 0 Å². The smallest absolute Gasteiger partial charge is 0.289 e. The van der Waals surface area contributed by atoms with E-state index in [0.717, 1.165) is 45.6 Å². The number of hydrogen-bond acceptors (Lipinski definition) is 4. The van der Waals surface area contributed by atoms with Gasteiger partial charge in [-0.2, -0.15) is 0 Å². The van der Waals surface area contributed by atoms with Gasteiger partial charge in [0.25, 0.3) is 5.91 Å². The second-order valence-corrected chi connectivity index (χ2v) is 6.06. The molecule has 0 aromatic carbocycles. The Morgan fingerprint density at radius 3 is 3.00 bits per heavy atom. The number of aliphatic hydroxyl groups is 1. The maximum atomic E-state index is 12.4. The summed E-state index contributed by atoms with van der Waals surface area (Å²) in [5.74, 6) is 0.446. The predicted octanol–water partition coefficient (Wildman–Crippen LogP) is 1.20. The van der Waals surface area contributed by atoms with Gasteiger partial charge in [-0.1, -0.05) is 0 Å². The zero-order chi connectivity index (χ0) is 14.0. The third kappa shape index (κ3) is 2.60. The molecule has 1 atom stereocenters. The van der Waals surface area contributed by atoms with Crippen molar-refractivity contribution < 1.29 is 14.3 Å². The van der Waals surface area contributed by atoms with E-state index in [1.54, 1.807) is 18.4 Å². The van der Waals surface area contributed by atoms with Crippen molar-refractivity contribution in [1.29, 1.82) is 0 Å². The first kappa shape index (κ1) is 13.6. The van der Waals surface area contributed by atoms with E-state index in [-0.39, 0.29) is 17.9 Å². The first-order valence-electron chi connectivity index (χ1n) is 7.38. The van der Waals surface area contributed by atoms with Crippen LogP contribution in [-0.2, 0) is 0 Å². The molecule has 2 aliphatic heterocycles. The Bertz CT molecular complexity index is 460. The van der Waals surface area contributed by atoms with E-state index in [1.807, 2.05) is 4.90 Å². The average molecular weight is 278 g/mol. The van der Waals surface area contributed by atoms with E-state index in [4.69, 9.17) is 9.52 Å². The highest BCUT2D eigenvalue weighted by Gasteiger charge is 2.42. The van der Waals surface area contributed by atoms with Crippen LogP contribution in [0.25, 0.3) is 0 Å². The fraction of sp³-hybridized carbons (Fsp3) is 0.667. The van der Waals surface area contributed by atoms with Gasteiger partial charge in [0.2, 0.25) is 0 Å². The molecule has 20 heavy (non-hydrogen) atoms. The third-order valence-corrected chi connectivity index (χ3v) is 4.61. The zero-order valence-corrected chi connectivity index (χ0v) is 11.8. The van der Waals surface area contributed by atoms with Crippen LogP contribution >= 0.6 is 0 Å². The number of piperidine rings is 1. The number of carbonyl (C=O) groups excluding carboxylic acids is 1. The van der Waals surface area contributed by atoms with Crippen LogP contribution in [0, 0.1) is 5.41 Å². The Labute approximate surface area is 119 Å². The van der Waals surface area contributed by atoms with Gasteiger partial charge < -0.3 is 19.3 Å². The molecule has 5 nitrogen and oxygen atoms in total. The summed E-state index contributed by atoms with van der Waals surface area (Å²) < 4.78 is 5.22. The molecule has 1 spiro atoms. The number of likely N-dealkylation sites (tertiary alicyclic amines) is 2. The van der Waals surface area contributed by atoms with Crippen LogP contribution in [0.5, 0.6) is 0 Å². The van der Waals surface area contributed by atoms with Crippen molar-refractivity contribution in [1.82, 2.24) is 9.80 Å². The van der Waals surface area contributed by atoms with Gasteiger partial charge in [-0.05, 0) is 37.9 Å². The van der Waals surface area contributed by atoms with Gasteiger partial charge in [-0.3, -0.25) is 4.79 Å². The lowest BCUT2D eigenvalue weighted by Crippen LogP contribution is -2.47. The van der Waals surface area contributed by atoms with E-state index in [1.165, 1.54) is 6.42 Å². The molecule has 0 bridgehead atoms. The van der Waals surface area contributed by atoms with Crippen molar-refractivity contribution in [3.8, 4) is 0 Å². The van der Waals surface area contributed by atoms with E-state index in [2.05, 4.69) is 4.90 Å². The van der Waals surface area contributed by atoms with Crippen molar-refractivity contribution in [2.24, 2.45) is 5.41 Å². The van der Waals surface area contributed by atoms with Gasteiger partial charge >= 0.3 is 0 Å². The van der Waals surface area contributed by atoms with E-state index in [9.17, 15) is 4.79 Å². The number of furan rings is 1. The fourth-order valence-corrected chi connectivity index (χ4v) is 3.63. The van der Waals surface area contributed by atoms with E-state index < -0.39 is 0 Å². The van der Waals surface area contributed by atoms with E-state index >= 15 is 0 Å². The highest BCUT2D eigenvalue weighted by Crippen LogP contribution is 2.39. The highest BCUT2D eigenvalue weighted by atomic mass is 16.3. The van der Waals surface area contributed by atoms with E-state index in [0.29, 0.717) is 5.76 Å². The quantitative estimate of drug-likeness (QED) is 0.902. The van der Waals surface area contributed by atoms with Crippen molar-refractivity contribution in [2.45, 2.75) is 19.3 Å². The number of carbonyl (C=O) groups is 1. The summed E-state index contributed by atoms with van der Waals surface area (Å²) in [7, 11) is 0. The maximum Gasteiger partial charge on any atom is 0.289 e. The standard InChI is InChI=1S/C15H22N2O3/c18-9-8-16-7-5-15(11-16)4-2-6-17(12-15)14(19)13-3-1-10-20-13/h1,3,10,18H,2,4-9,11-12H2. The monoisotopic (exact) mass is 278 g/mol. The number of aliphatic hydroxyl groups excluding tert-OH is 1. The van der Waals surface area contributed by atoms with Crippen molar-refractivity contribution in [3.05, 3.63) is 24.2 Å². The molecule has 1 aromatic rings. The Hall–Kier alpha value is -1.33. The molecule has 0 saturated carbocycles. The van der Waals surface area contributed by atoms with Gasteiger partial charge in [0.15, 0.2) is 5.76 Å². The molecule has 1 N–H and O–H groups in total. The first-order chi connectivity index (χ1) is 9.72. The number of rotatable bonds is 3. The predicted molar refractivity (Wildman–Crippen MR) is 74.4 cm³/mol. The third-order valence-electron chi connectivity index (χ3n) is 4.61. The lowest BCUT2D eigenvalue weighted by Gasteiger charge is -2.40. The SMILES string of the molecule is O=C(c1ccco1)N1CCCC2(CCN(CCO)C2)C1. The van der Waals surface area contributed by atoms with Crippen molar-refractivity contribution >= 4 is 5.91 Å². The molecular weight excluding hydrogens is 256 g/mol. The minimum Gasteiger partial charge on any atom is -0.459 e. The summed E-state index contributed by atoms with van der Waals surface area (Å²) in [6, 6.07) is 3.49. The molecule has 0 radical (unpaired) electrons. The molecule has 0 aliphatic carbocycles. The molecule has 1 aromatic heterocycles. The Morgan fingerprint density at radius 2 is 2.25 bits per heavy atom. The molecule has 1 unspecified atom stereocenters. The molecular formula is C15H22N2O3. The van der Waals surface area contributed by atoms with Crippen LogP contribution in [0.4, 0.5) is 0 Å². The minimum atomic E-state index is 0.00897. The van der Waals surface area contributed by atoms with Gasteiger partial charge in [0, 0.05) is 31.6 Å². The summed E-state index contributed by atoms with van der Waals surface area (Å²) in [5, 5.41) is 9.06. The molecule has 3 rings (SSSR count). The Kier molecular flexibility index (Phi) is 3.81. The van der Waals surface area contributed by atoms with Gasteiger partial charge in [0.1, 0.15) is 0 Å². The molecule has 2 fully saturated rings. The maximum absolute atomic E-state index is 12.4. The Balaban J connectivity index is 1.66. The number of β-amino-alcohol motifs (C(OH)–C–C–N with tert-alkyl or cyclic N) is 1. The molecule has 110 valence electrons. The molecule has 2 aliphatic rings. The summed E-state index contributed by atoms with van der Waals surface area (Å²) in [6.45, 7) is 4.62. The fourth-order valence-electron chi connectivity index (χ4n) is 3.63. The van der Waals surface area contributed by atoms with Crippen molar-refractivity contribution in [2.75, 3.05) is 39.3 Å². The zero-order valence-electron chi connectivity index (χ0n) is 11.8. The average Bonchev–Trinajstić information content (AvgIpc) is 3.09. The number of hydrogen-bond donors (Lipinski definition) is 1. The van der Waals surface area contributed by atoms with Crippen LogP contribution in [0.3, 0.4) is 0 Å². The number of amides is 1.